The lowest BCUT2D eigenvalue weighted by Crippen LogP contribution is -2.32. The summed E-state index contributed by atoms with van der Waals surface area (Å²) in [5.74, 6) is -0.0991. The molecule has 86 valence electrons. The second kappa shape index (κ2) is 5.70. The quantitative estimate of drug-likeness (QED) is 0.524. The second-order valence-electron chi connectivity index (χ2n) is 3.63. The molecule has 0 aliphatic carbocycles. The molecule has 0 radical (unpaired) electrons. The molecule has 0 aromatic carbocycles. The number of nitrogens with zero attached hydrogens (tertiary/aromatic N) is 1. The van der Waals surface area contributed by atoms with E-state index in [1.54, 1.807) is 7.11 Å². The molecule has 0 aromatic heterocycles. The number of methoxy groups -OCH3 is 1. The summed E-state index contributed by atoms with van der Waals surface area (Å²) in [5.41, 5.74) is 0. The lowest BCUT2D eigenvalue weighted by molar-refractivity contribution is -0.127. The van der Waals surface area contributed by atoms with Crippen LogP contribution in [0.1, 0.15) is 26.2 Å². The molecule has 1 unspecified atom stereocenters. The Morgan fingerprint density at radius 1 is 1.47 bits per heavy atom. The molecule has 1 aliphatic rings. The van der Waals surface area contributed by atoms with Gasteiger partial charge in [0.15, 0.2) is 0 Å². The number of urea groups is 1. The number of carbonyl (C=O) groups is 2. The maximum absolute atomic E-state index is 11.7. The molecular weight excluding hydrogens is 196 g/mol. The molecule has 5 heteroatoms. The van der Waals surface area contributed by atoms with Gasteiger partial charge in [-0.1, -0.05) is 6.92 Å². The van der Waals surface area contributed by atoms with Crippen LogP contribution in [0.15, 0.2) is 0 Å². The Kier molecular flexibility index (Phi) is 4.55. The van der Waals surface area contributed by atoms with Gasteiger partial charge in [-0.05, 0) is 19.3 Å². The summed E-state index contributed by atoms with van der Waals surface area (Å²) in [6, 6.07) is -0.608. The van der Waals surface area contributed by atoms with Crippen molar-refractivity contribution in [3.05, 3.63) is 0 Å². The standard InChI is InChI=1S/C10H18N2O3/c1-3-6-12-9(13)8(11-10(12)14)5-4-7-15-2/h8H,3-7H2,1-2H3,(H,11,14). The van der Waals surface area contributed by atoms with E-state index >= 15 is 0 Å². The molecular formula is C10H18N2O3. The Hall–Kier alpha value is -1.10. The minimum absolute atomic E-state index is 0.0991. The smallest absolute Gasteiger partial charge is 0.324 e. The van der Waals surface area contributed by atoms with Crippen molar-refractivity contribution in [1.82, 2.24) is 10.2 Å². The molecule has 0 saturated carbocycles. The largest absolute Gasteiger partial charge is 0.385 e. The predicted octanol–water partition coefficient (Wildman–Crippen LogP) is 0.743. The van der Waals surface area contributed by atoms with Crippen molar-refractivity contribution in [1.29, 1.82) is 0 Å². The average Bonchev–Trinajstić information content (AvgIpc) is 2.47. The number of hydrogen-bond acceptors (Lipinski definition) is 3. The van der Waals surface area contributed by atoms with Crippen LogP contribution in [0.3, 0.4) is 0 Å². The lowest BCUT2D eigenvalue weighted by atomic mass is 10.1. The zero-order valence-electron chi connectivity index (χ0n) is 9.28. The number of rotatable bonds is 6. The van der Waals surface area contributed by atoms with Gasteiger partial charge in [-0.15, -0.1) is 0 Å². The first kappa shape index (κ1) is 12.0. The van der Waals surface area contributed by atoms with E-state index in [4.69, 9.17) is 4.74 Å². The molecule has 0 aromatic rings. The van der Waals surface area contributed by atoms with Gasteiger partial charge in [-0.3, -0.25) is 9.69 Å². The Morgan fingerprint density at radius 3 is 2.80 bits per heavy atom. The monoisotopic (exact) mass is 214 g/mol. The number of carbonyl (C=O) groups excluding carboxylic acids is 2. The summed E-state index contributed by atoms with van der Waals surface area (Å²) >= 11 is 0. The first-order chi connectivity index (χ1) is 7.20. The van der Waals surface area contributed by atoms with Crippen LogP contribution < -0.4 is 5.32 Å². The van der Waals surface area contributed by atoms with E-state index in [-0.39, 0.29) is 18.0 Å². The maximum Gasteiger partial charge on any atom is 0.324 e. The maximum atomic E-state index is 11.7. The van der Waals surface area contributed by atoms with Crippen LogP contribution >= 0.6 is 0 Å². The zero-order valence-corrected chi connectivity index (χ0v) is 9.28. The molecule has 1 aliphatic heterocycles. The van der Waals surface area contributed by atoms with E-state index in [2.05, 4.69) is 5.32 Å². The Morgan fingerprint density at radius 2 is 2.20 bits per heavy atom. The highest BCUT2D eigenvalue weighted by molar-refractivity contribution is 6.04. The van der Waals surface area contributed by atoms with Crippen LogP contribution in [0.5, 0.6) is 0 Å². The summed E-state index contributed by atoms with van der Waals surface area (Å²) in [6.45, 7) is 3.07. The van der Waals surface area contributed by atoms with Crippen molar-refractivity contribution in [2.75, 3.05) is 20.3 Å². The van der Waals surface area contributed by atoms with Crippen LogP contribution in [0.25, 0.3) is 0 Å². The van der Waals surface area contributed by atoms with Crippen LogP contribution in [0, 0.1) is 0 Å². The minimum Gasteiger partial charge on any atom is -0.385 e. The third-order valence-corrected chi connectivity index (χ3v) is 2.40. The van der Waals surface area contributed by atoms with Crippen molar-refractivity contribution in [3.63, 3.8) is 0 Å². The number of imide groups is 1. The fourth-order valence-electron chi connectivity index (χ4n) is 1.64. The highest BCUT2D eigenvalue weighted by atomic mass is 16.5. The zero-order chi connectivity index (χ0) is 11.3. The second-order valence-corrected chi connectivity index (χ2v) is 3.63. The van der Waals surface area contributed by atoms with Gasteiger partial charge in [0.05, 0.1) is 0 Å². The van der Waals surface area contributed by atoms with Crippen molar-refractivity contribution in [2.24, 2.45) is 0 Å². The molecule has 0 bridgehead atoms. The SMILES string of the molecule is CCCN1C(=O)NC(CCCOC)C1=O. The van der Waals surface area contributed by atoms with E-state index in [0.29, 0.717) is 19.6 Å². The number of hydrogen-bond donors (Lipinski definition) is 1. The van der Waals surface area contributed by atoms with Gasteiger partial charge >= 0.3 is 6.03 Å². The van der Waals surface area contributed by atoms with E-state index < -0.39 is 0 Å². The summed E-state index contributed by atoms with van der Waals surface area (Å²) in [4.78, 5) is 24.4. The fraction of sp³-hybridized carbons (Fsp3) is 0.800. The molecule has 1 fully saturated rings. The molecule has 15 heavy (non-hydrogen) atoms. The highest BCUT2D eigenvalue weighted by Crippen LogP contribution is 2.11. The Balaban J connectivity index is 2.42. The third kappa shape index (κ3) is 2.92. The Bertz CT molecular complexity index is 243. The first-order valence-electron chi connectivity index (χ1n) is 5.31. The summed E-state index contributed by atoms with van der Waals surface area (Å²) < 4.78 is 4.90. The van der Waals surface area contributed by atoms with Gasteiger partial charge in [0.2, 0.25) is 0 Å². The van der Waals surface area contributed by atoms with E-state index in [0.717, 1.165) is 12.8 Å². The molecule has 1 N–H and O–H groups in total. The summed E-state index contributed by atoms with van der Waals surface area (Å²) in [6.07, 6.45) is 2.23. The van der Waals surface area contributed by atoms with Gasteiger partial charge in [-0.2, -0.15) is 0 Å². The summed E-state index contributed by atoms with van der Waals surface area (Å²) in [7, 11) is 1.62. The summed E-state index contributed by atoms with van der Waals surface area (Å²) in [5, 5.41) is 2.68. The molecule has 1 saturated heterocycles. The van der Waals surface area contributed by atoms with Crippen LogP contribution in [0.2, 0.25) is 0 Å². The van der Waals surface area contributed by atoms with Gasteiger partial charge in [0.25, 0.3) is 5.91 Å². The van der Waals surface area contributed by atoms with Crippen molar-refractivity contribution < 1.29 is 14.3 Å². The molecule has 1 rings (SSSR count). The highest BCUT2D eigenvalue weighted by Gasteiger charge is 2.36. The molecule has 0 spiro atoms. The average molecular weight is 214 g/mol. The topological polar surface area (TPSA) is 58.6 Å². The van der Waals surface area contributed by atoms with Gasteiger partial charge in [0, 0.05) is 20.3 Å². The minimum atomic E-state index is -0.348. The Labute approximate surface area is 89.8 Å². The first-order valence-corrected chi connectivity index (χ1v) is 5.31. The van der Waals surface area contributed by atoms with Crippen molar-refractivity contribution in [2.45, 2.75) is 32.2 Å². The molecule has 3 amide bonds. The molecule has 5 nitrogen and oxygen atoms in total. The lowest BCUT2D eigenvalue weighted by Gasteiger charge is -2.10. The molecule has 1 atom stereocenters. The fourth-order valence-corrected chi connectivity index (χ4v) is 1.64. The predicted molar refractivity (Wildman–Crippen MR) is 55.4 cm³/mol. The number of amides is 3. The van der Waals surface area contributed by atoms with E-state index in [1.807, 2.05) is 6.92 Å². The van der Waals surface area contributed by atoms with Gasteiger partial charge < -0.3 is 10.1 Å². The number of ether oxygens (including phenoxy) is 1. The normalized spacial score (nSPS) is 20.9. The molecule has 1 heterocycles. The third-order valence-electron chi connectivity index (χ3n) is 2.40. The van der Waals surface area contributed by atoms with Gasteiger partial charge in [0.1, 0.15) is 6.04 Å². The van der Waals surface area contributed by atoms with Crippen LogP contribution in [-0.2, 0) is 9.53 Å². The van der Waals surface area contributed by atoms with E-state index in [9.17, 15) is 9.59 Å². The van der Waals surface area contributed by atoms with E-state index in [1.165, 1.54) is 4.90 Å². The van der Waals surface area contributed by atoms with Crippen molar-refractivity contribution in [3.8, 4) is 0 Å². The number of nitrogens with one attached hydrogen (secondary N) is 1. The van der Waals surface area contributed by atoms with Gasteiger partial charge in [-0.25, -0.2) is 4.79 Å². The van der Waals surface area contributed by atoms with Crippen molar-refractivity contribution >= 4 is 11.9 Å². The van der Waals surface area contributed by atoms with Crippen LogP contribution in [-0.4, -0.2) is 43.1 Å². The van der Waals surface area contributed by atoms with Crippen LogP contribution in [0.4, 0.5) is 4.79 Å².